The van der Waals surface area contributed by atoms with Crippen LogP contribution in [-0.2, 0) is 5.75 Å². The Morgan fingerprint density at radius 1 is 1.24 bits per heavy atom. The first-order valence-electron chi connectivity index (χ1n) is 4.89. The molecule has 3 nitrogen and oxygen atoms in total. The molecule has 1 aromatic carbocycles. The minimum Gasteiger partial charge on any atom is -0.207 e. The van der Waals surface area contributed by atoms with Crippen LogP contribution in [-0.4, -0.2) is 15.2 Å². The maximum atomic E-state index is 5.88. The monoisotopic (exact) mass is 285 g/mol. The predicted octanol–water partition coefficient (Wildman–Crippen LogP) is 3.78. The number of aryl methyl sites for hydroxylation is 1. The van der Waals surface area contributed by atoms with Crippen molar-refractivity contribution in [2.24, 2.45) is 0 Å². The van der Waals surface area contributed by atoms with Gasteiger partial charge in [0.15, 0.2) is 5.15 Å². The Kier molecular flexibility index (Phi) is 4.20. The standard InChI is InChI=1S/C11H9Cl2N3S/c1-7-3-2-4-8(5-7)6-17-10-9(12)15-16-11(13)14-10/h2-5H,6H2,1H3. The molecule has 0 aliphatic heterocycles. The zero-order valence-corrected chi connectivity index (χ0v) is 11.4. The molecule has 0 saturated heterocycles. The van der Waals surface area contributed by atoms with Gasteiger partial charge in [-0.05, 0) is 24.1 Å². The van der Waals surface area contributed by atoms with Gasteiger partial charge < -0.3 is 0 Å². The van der Waals surface area contributed by atoms with Gasteiger partial charge in [-0.3, -0.25) is 0 Å². The van der Waals surface area contributed by atoms with E-state index in [0.29, 0.717) is 5.03 Å². The lowest BCUT2D eigenvalue weighted by Gasteiger charge is -2.03. The number of halogens is 2. The summed E-state index contributed by atoms with van der Waals surface area (Å²) in [6.45, 7) is 2.06. The maximum absolute atomic E-state index is 5.88. The van der Waals surface area contributed by atoms with Crippen LogP contribution >= 0.6 is 35.0 Å². The van der Waals surface area contributed by atoms with E-state index in [2.05, 4.69) is 40.3 Å². The normalized spacial score (nSPS) is 10.5. The third kappa shape index (κ3) is 3.56. The van der Waals surface area contributed by atoms with E-state index in [-0.39, 0.29) is 10.4 Å². The molecule has 2 rings (SSSR count). The summed E-state index contributed by atoms with van der Waals surface area (Å²) < 4.78 is 0. The quantitative estimate of drug-likeness (QED) is 0.805. The summed E-state index contributed by atoms with van der Waals surface area (Å²) in [5, 5.41) is 8.28. The van der Waals surface area contributed by atoms with Crippen LogP contribution in [0.2, 0.25) is 10.4 Å². The van der Waals surface area contributed by atoms with Crippen LogP contribution in [0.1, 0.15) is 11.1 Å². The minimum absolute atomic E-state index is 0.112. The molecule has 0 bridgehead atoms. The zero-order valence-electron chi connectivity index (χ0n) is 9.02. The average molecular weight is 286 g/mol. The molecule has 1 heterocycles. The lowest BCUT2D eigenvalue weighted by atomic mass is 10.2. The van der Waals surface area contributed by atoms with Gasteiger partial charge in [0, 0.05) is 5.75 Å². The van der Waals surface area contributed by atoms with Crippen LogP contribution in [0.5, 0.6) is 0 Å². The molecule has 17 heavy (non-hydrogen) atoms. The Hall–Kier alpha value is -0.840. The second-order valence-electron chi connectivity index (χ2n) is 3.45. The van der Waals surface area contributed by atoms with Gasteiger partial charge in [0.1, 0.15) is 5.03 Å². The molecular weight excluding hydrogens is 277 g/mol. The molecule has 88 valence electrons. The molecule has 0 fully saturated rings. The van der Waals surface area contributed by atoms with Gasteiger partial charge >= 0.3 is 0 Å². The third-order valence-electron chi connectivity index (χ3n) is 2.05. The van der Waals surface area contributed by atoms with Crippen molar-refractivity contribution >= 4 is 35.0 Å². The Morgan fingerprint density at radius 2 is 2.06 bits per heavy atom. The predicted molar refractivity (Wildman–Crippen MR) is 70.6 cm³/mol. The number of benzene rings is 1. The van der Waals surface area contributed by atoms with E-state index in [9.17, 15) is 0 Å². The Balaban J connectivity index is 2.09. The molecule has 0 radical (unpaired) electrons. The largest absolute Gasteiger partial charge is 0.244 e. The van der Waals surface area contributed by atoms with Gasteiger partial charge in [-0.2, -0.15) is 0 Å². The van der Waals surface area contributed by atoms with Crippen LogP contribution in [0, 0.1) is 6.92 Å². The Morgan fingerprint density at radius 3 is 2.82 bits per heavy atom. The summed E-state index contributed by atoms with van der Waals surface area (Å²) in [6.07, 6.45) is 0. The highest BCUT2D eigenvalue weighted by Gasteiger charge is 2.07. The lowest BCUT2D eigenvalue weighted by molar-refractivity contribution is 0.904. The van der Waals surface area contributed by atoms with E-state index in [1.807, 2.05) is 6.07 Å². The zero-order chi connectivity index (χ0) is 12.3. The van der Waals surface area contributed by atoms with E-state index < -0.39 is 0 Å². The molecular formula is C11H9Cl2N3S. The van der Waals surface area contributed by atoms with Gasteiger partial charge in [-0.25, -0.2) is 4.98 Å². The van der Waals surface area contributed by atoms with Crippen molar-refractivity contribution in [1.82, 2.24) is 15.2 Å². The maximum Gasteiger partial charge on any atom is 0.244 e. The van der Waals surface area contributed by atoms with Crippen molar-refractivity contribution in [3.05, 3.63) is 45.8 Å². The minimum atomic E-state index is 0.112. The highest BCUT2D eigenvalue weighted by molar-refractivity contribution is 7.98. The molecule has 0 unspecified atom stereocenters. The Bertz CT molecular complexity index is 534. The van der Waals surface area contributed by atoms with Crippen LogP contribution in [0.25, 0.3) is 0 Å². The van der Waals surface area contributed by atoms with Gasteiger partial charge in [0.2, 0.25) is 5.28 Å². The summed E-state index contributed by atoms with van der Waals surface area (Å²) >= 11 is 13.0. The highest BCUT2D eigenvalue weighted by Crippen LogP contribution is 2.26. The van der Waals surface area contributed by atoms with Crippen molar-refractivity contribution in [1.29, 1.82) is 0 Å². The van der Waals surface area contributed by atoms with E-state index in [0.717, 1.165) is 5.75 Å². The van der Waals surface area contributed by atoms with Crippen molar-refractivity contribution in [2.75, 3.05) is 0 Å². The molecule has 0 aliphatic carbocycles. The van der Waals surface area contributed by atoms with Crippen LogP contribution in [0.3, 0.4) is 0 Å². The summed E-state index contributed by atoms with van der Waals surface area (Å²) in [6, 6.07) is 8.27. The fourth-order valence-corrected chi connectivity index (χ4v) is 2.54. The van der Waals surface area contributed by atoms with Gasteiger partial charge in [-0.1, -0.05) is 53.2 Å². The summed E-state index contributed by atoms with van der Waals surface area (Å²) in [5.41, 5.74) is 2.44. The number of thioether (sulfide) groups is 1. The van der Waals surface area contributed by atoms with E-state index in [4.69, 9.17) is 23.2 Å². The first-order chi connectivity index (χ1) is 8.15. The number of rotatable bonds is 3. The third-order valence-corrected chi connectivity index (χ3v) is 3.61. The smallest absolute Gasteiger partial charge is 0.207 e. The van der Waals surface area contributed by atoms with Crippen LogP contribution < -0.4 is 0 Å². The fourth-order valence-electron chi connectivity index (χ4n) is 1.33. The van der Waals surface area contributed by atoms with Gasteiger partial charge in [0.25, 0.3) is 0 Å². The Labute approximate surface area is 114 Å². The number of hydrogen-bond donors (Lipinski definition) is 0. The number of hydrogen-bond acceptors (Lipinski definition) is 4. The van der Waals surface area contributed by atoms with E-state index >= 15 is 0 Å². The lowest BCUT2D eigenvalue weighted by Crippen LogP contribution is -1.92. The molecule has 0 N–H and O–H groups in total. The summed E-state index contributed by atoms with van der Waals surface area (Å²) in [4.78, 5) is 4.03. The SMILES string of the molecule is Cc1cccc(CSc2nc(Cl)nnc2Cl)c1. The molecule has 1 aromatic heterocycles. The second-order valence-corrected chi connectivity index (χ2v) is 5.11. The average Bonchev–Trinajstić information content (AvgIpc) is 2.30. The fraction of sp³-hybridized carbons (Fsp3) is 0.182. The molecule has 0 atom stereocenters. The van der Waals surface area contributed by atoms with Gasteiger partial charge in [0.05, 0.1) is 0 Å². The molecule has 0 aliphatic rings. The topological polar surface area (TPSA) is 38.7 Å². The number of aromatic nitrogens is 3. The molecule has 0 saturated carbocycles. The van der Waals surface area contributed by atoms with Crippen molar-refractivity contribution in [3.8, 4) is 0 Å². The van der Waals surface area contributed by atoms with Crippen molar-refractivity contribution in [2.45, 2.75) is 17.7 Å². The van der Waals surface area contributed by atoms with Crippen molar-refractivity contribution in [3.63, 3.8) is 0 Å². The first-order valence-corrected chi connectivity index (χ1v) is 6.63. The second kappa shape index (κ2) is 5.67. The summed E-state index contributed by atoms with van der Waals surface area (Å²) in [7, 11) is 0. The first kappa shape index (κ1) is 12.6. The van der Waals surface area contributed by atoms with Crippen LogP contribution in [0.4, 0.5) is 0 Å². The molecule has 6 heteroatoms. The van der Waals surface area contributed by atoms with Crippen LogP contribution in [0.15, 0.2) is 29.3 Å². The highest BCUT2D eigenvalue weighted by atomic mass is 35.5. The van der Waals surface area contributed by atoms with Gasteiger partial charge in [-0.15, -0.1) is 10.2 Å². The molecule has 0 spiro atoms. The van der Waals surface area contributed by atoms with E-state index in [1.54, 1.807) is 0 Å². The number of nitrogens with zero attached hydrogens (tertiary/aromatic N) is 3. The molecule has 0 amide bonds. The molecule has 2 aromatic rings. The van der Waals surface area contributed by atoms with Crippen molar-refractivity contribution < 1.29 is 0 Å². The summed E-state index contributed by atoms with van der Waals surface area (Å²) in [5.74, 6) is 0.774. The van der Waals surface area contributed by atoms with E-state index in [1.165, 1.54) is 22.9 Å².